The van der Waals surface area contributed by atoms with Gasteiger partial charge in [0.15, 0.2) is 0 Å². The summed E-state index contributed by atoms with van der Waals surface area (Å²) in [6, 6.07) is 50.2. The lowest BCUT2D eigenvalue weighted by Crippen LogP contribution is -2.51. The number of hydrogen-bond donors (Lipinski definition) is 0. The molecule has 9 aromatic rings. The maximum atomic E-state index is 16.3. The van der Waals surface area contributed by atoms with E-state index in [4.69, 9.17) is 18.9 Å². The maximum Gasteiger partial charge on any atom is 0.333 e. The molecule has 0 saturated heterocycles. The lowest BCUT2D eigenvalue weighted by Gasteiger charge is -2.33. The van der Waals surface area contributed by atoms with Crippen LogP contribution in [-0.2, 0) is 85.0 Å². The van der Waals surface area contributed by atoms with E-state index in [2.05, 4.69) is 0 Å². The van der Waals surface area contributed by atoms with Gasteiger partial charge in [-0.05, 0) is 63.2 Å². The third-order valence-electron chi connectivity index (χ3n) is 14.9. The number of thiophene rings is 3. The number of ether oxygens (including phenoxy) is 4. The quantitative estimate of drug-likeness (QED) is 0.0332. The van der Waals surface area contributed by atoms with Gasteiger partial charge in [-0.25, -0.2) is 0 Å². The fraction of sp³-hybridized carbons (Fsp3) is 0.0909. The first-order valence-corrected chi connectivity index (χ1v) is 28.0. The molecule has 0 atom stereocenters. The van der Waals surface area contributed by atoms with Crippen molar-refractivity contribution >= 4 is 114 Å². The van der Waals surface area contributed by atoms with Crippen LogP contribution in [0.1, 0.15) is 80.5 Å². The lowest BCUT2D eigenvalue weighted by atomic mass is 9.69. The zero-order valence-corrected chi connectivity index (χ0v) is 44.9. The van der Waals surface area contributed by atoms with E-state index in [-0.39, 0.29) is 81.4 Å². The van der Waals surface area contributed by atoms with Gasteiger partial charge < -0.3 is 18.9 Å². The molecule has 4 aliphatic rings. The maximum absolute atomic E-state index is 16.3. The zero-order chi connectivity index (χ0) is 55.6. The molecule has 0 amide bonds. The molecule has 13 rings (SSSR count). The van der Waals surface area contributed by atoms with Gasteiger partial charge in [-0.15, -0.1) is 34.0 Å². The third-order valence-corrected chi connectivity index (χ3v) is 18.5. The van der Waals surface area contributed by atoms with Crippen molar-refractivity contribution in [3.63, 3.8) is 0 Å². The Labute approximate surface area is 473 Å². The molecule has 0 unspecified atom stereocenters. The van der Waals surface area contributed by atoms with E-state index in [0.29, 0.717) is 51.8 Å². The Morgan fingerprint density at radius 3 is 1.22 bits per heavy atom. The lowest BCUT2D eigenvalue weighted by molar-refractivity contribution is -0.167. The molecule has 4 aliphatic carbocycles. The van der Waals surface area contributed by atoms with Crippen molar-refractivity contribution in [3.8, 4) is 9.75 Å². The number of fused-ring (bicyclic) bond motifs is 9. The van der Waals surface area contributed by atoms with Gasteiger partial charge in [0.25, 0.3) is 0 Å². The topological polar surface area (TPSA) is 173 Å². The molecule has 0 bridgehead atoms. The normalized spacial score (nSPS) is 16.0. The second-order valence-corrected chi connectivity index (χ2v) is 22.8. The minimum Gasteiger partial charge on any atom is -0.459 e. The molecule has 0 spiro atoms. The van der Waals surface area contributed by atoms with Crippen molar-refractivity contribution in [2.45, 2.75) is 37.3 Å². The highest BCUT2D eigenvalue weighted by Crippen LogP contribution is 2.66. The average Bonchev–Trinajstić information content (AvgIpc) is 2.37. The number of allylic oxidation sites excluding steroid dienone is 3. The third kappa shape index (κ3) is 8.22. The smallest absolute Gasteiger partial charge is 0.333 e. The molecule has 3 aromatic heterocycles. The summed E-state index contributed by atoms with van der Waals surface area (Å²) in [6.07, 6.45) is 4.50. The molecule has 3 heterocycles. The Kier molecular flexibility index (Phi) is 12.8. The molecule has 81 heavy (non-hydrogen) atoms. The Bertz CT molecular complexity index is 4160. The van der Waals surface area contributed by atoms with Crippen molar-refractivity contribution < 1.29 is 57.3 Å². The van der Waals surface area contributed by atoms with Crippen molar-refractivity contribution in [1.82, 2.24) is 0 Å². The summed E-state index contributed by atoms with van der Waals surface area (Å²) in [5.74, 6) is -7.51. The first kappa shape index (κ1) is 50.9. The number of hydrogen-bond acceptors (Lipinski definition) is 15. The Morgan fingerprint density at radius 2 is 0.778 bits per heavy atom. The summed E-state index contributed by atoms with van der Waals surface area (Å²) < 4.78 is 26.3. The average molecular weight is 1120 g/mol. The number of Topliss-reactive ketones (excluding diaryl/α,β-unsaturated/α-hetero) is 4. The number of benzene rings is 6. The predicted molar refractivity (Wildman–Crippen MR) is 306 cm³/mol. The van der Waals surface area contributed by atoms with Gasteiger partial charge in [0.1, 0.15) is 26.4 Å². The minimum absolute atomic E-state index is 0.0900. The van der Waals surface area contributed by atoms with Crippen LogP contribution < -0.4 is 0 Å². The predicted octanol–water partition coefficient (Wildman–Crippen LogP) is 12.1. The highest BCUT2D eigenvalue weighted by atomic mass is 32.1. The van der Waals surface area contributed by atoms with Crippen LogP contribution in [0.5, 0.6) is 0 Å². The van der Waals surface area contributed by atoms with Crippen LogP contribution in [0.15, 0.2) is 188 Å². The molecule has 0 N–H and O–H groups in total. The Morgan fingerprint density at radius 1 is 0.395 bits per heavy atom. The van der Waals surface area contributed by atoms with Crippen LogP contribution in [0.3, 0.4) is 0 Å². The SMILES string of the molecule is O=C1C(=O)c2ccccc2/C1=C/C1=Cc2sc3c(c2C1(C(=O)OCc1ccccc1)C(=O)OCc1ccccc1)C(C(=O)OCc1ccccc1)(C(=O)OCc1ccccc1)c1c-3sc2cc(/C=C3\C(=O)C(=O)c4ccccc43)sc12. The first-order chi connectivity index (χ1) is 39.5. The molecule has 6 aromatic carbocycles. The molecule has 0 radical (unpaired) electrons. The van der Waals surface area contributed by atoms with E-state index < -0.39 is 57.8 Å². The minimum atomic E-state index is -2.72. The fourth-order valence-electron chi connectivity index (χ4n) is 11.1. The molecule has 15 heteroatoms. The summed E-state index contributed by atoms with van der Waals surface area (Å²) in [5, 5.41) is 0. The van der Waals surface area contributed by atoms with E-state index in [1.807, 2.05) is 6.07 Å². The van der Waals surface area contributed by atoms with Crippen LogP contribution in [0.25, 0.3) is 42.5 Å². The largest absolute Gasteiger partial charge is 0.459 e. The molecular weight excluding hydrogens is 1080 g/mol. The number of rotatable bonds is 14. The second-order valence-electron chi connectivity index (χ2n) is 19.6. The van der Waals surface area contributed by atoms with Crippen molar-refractivity contribution in [2.24, 2.45) is 0 Å². The molecule has 0 fully saturated rings. The Hall–Kier alpha value is -9.54. The molecular formula is C66H40O12S3. The summed E-state index contributed by atoms with van der Waals surface area (Å²) in [7, 11) is 0. The summed E-state index contributed by atoms with van der Waals surface area (Å²) >= 11 is 3.53. The van der Waals surface area contributed by atoms with E-state index in [0.717, 1.165) is 11.3 Å². The van der Waals surface area contributed by atoms with E-state index in [9.17, 15) is 19.2 Å². The molecule has 12 nitrogen and oxygen atoms in total. The summed E-state index contributed by atoms with van der Waals surface area (Å²) in [5.41, 5.74) is -2.03. The zero-order valence-electron chi connectivity index (χ0n) is 42.4. The Balaban J connectivity index is 1.08. The van der Waals surface area contributed by atoms with Crippen molar-refractivity contribution in [1.29, 1.82) is 0 Å². The second kappa shape index (κ2) is 20.3. The van der Waals surface area contributed by atoms with Gasteiger partial charge >= 0.3 is 23.9 Å². The number of esters is 4. The number of carbonyl (C=O) groups excluding carboxylic acids is 8. The van der Waals surface area contributed by atoms with Gasteiger partial charge in [-0.1, -0.05) is 170 Å². The van der Waals surface area contributed by atoms with Crippen LogP contribution in [0, 0.1) is 0 Å². The van der Waals surface area contributed by atoms with E-state index in [1.165, 1.54) is 34.8 Å². The highest BCUT2D eigenvalue weighted by Gasteiger charge is 2.68. The van der Waals surface area contributed by atoms with Crippen LogP contribution in [0.4, 0.5) is 0 Å². The van der Waals surface area contributed by atoms with Crippen molar-refractivity contribution in [3.05, 3.63) is 259 Å². The molecule has 394 valence electrons. The monoisotopic (exact) mass is 1120 g/mol. The van der Waals surface area contributed by atoms with E-state index in [1.54, 1.807) is 176 Å². The number of ketones is 4. The van der Waals surface area contributed by atoms with Gasteiger partial charge in [-0.3, -0.25) is 38.4 Å². The van der Waals surface area contributed by atoms with E-state index >= 15 is 19.2 Å². The van der Waals surface area contributed by atoms with Crippen LogP contribution in [-0.4, -0.2) is 47.0 Å². The fourth-order valence-corrected chi connectivity index (χ4v) is 15.3. The summed E-state index contributed by atoms with van der Waals surface area (Å²) in [6.45, 7) is -1.32. The molecule has 0 aliphatic heterocycles. The first-order valence-electron chi connectivity index (χ1n) is 25.6. The number of carbonyl (C=O) groups is 8. The standard InChI is InChI=1S/C66H40O12S3/c67-54-45-27-15-13-25-43(45)47(56(54)69)29-41-30-49-51(65(41,61(71)75-33-37-17-5-1-6-18-37)62(72)76-34-38-19-7-2-8-20-38)52-59(80-49)60-53(58-50(81-60)32-42(79-58)31-48-44-26-14-16-28-46(44)55(68)57(48)70)66(52,63(73)77-35-39-21-9-3-10-22-39)64(74)78-36-40-23-11-4-12-24-40/h1-32H,33-36H2/b47-29-,48-31-. The molecule has 0 saturated carbocycles. The van der Waals surface area contributed by atoms with Crippen LogP contribution >= 0.6 is 34.0 Å². The van der Waals surface area contributed by atoms with Gasteiger partial charge in [0, 0.05) is 53.4 Å². The van der Waals surface area contributed by atoms with Gasteiger partial charge in [0.2, 0.25) is 34.0 Å². The van der Waals surface area contributed by atoms with Gasteiger partial charge in [-0.2, -0.15) is 0 Å². The van der Waals surface area contributed by atoms with Crippen molar-refractivity contribution in [2.75, 3.05) is 0 Å². The van der Waals surface area contributed by atoms with Crippen LogP contribution in [0.2, 0.25) is 0 Å². The summed E-state index contributed by atoms with van der Waals surface area (Å²) in [4.78, 5) is 121. The van der Waals surface area contributed by atoms with Gasteiger partial charge in [0.05, 0.1) is 14.5 Å². The highest BCUT2D eigenvalue weighted by molar-refractivity contribution is 7.32.